The lowest BCUT2D eigenvalue weighted by atomic mass is 9.96. The first-order valence-corrected chi connectivity index (χ1v) is 4.26. The standard InChI is InChI=1S/C11H12FN/c1-7(2)10-4-8(3)11(12)5-9(10)6-13/h4-5,7H,1-3H3. The largest absolute Gasteiger partial charge is 0.207 e. The van der Waals surface area contributed by atoms with Crippen LogP contribution in [0.1, 0.15) is 36.5 Å². The number of nitrogens with zero attached hydrogens (tertiary/aromatic N) is 1. The van der Waals surface area contributed by atoms with E-state index >= 15 is 0 Å². The van der Waals surface area contributed by atoms with Crippen molar-refractivity contribution in [3.8, 4) is 6.07 Å². The summed E-state index contributed by atoms with van der Waals surface area (Å²) in [6.07, 6.45) is 0. The molecule has 0 aliphatic rings. The molecule has 0 saturated carbocycles. The summed E-state index contributed by atoms with van der Waals surface area (Å²) in [5.74, 6) is -0.0464. The minimum atomic E-state index is -0.305. The van der Waals surface area contributed by atoms with E-state index in [0.717, 1.165) is 5.56 Å². The Morgan fingerprint density at radius 1 is 1.38 bits per heavy atom. The molecule has 0 heterocycles. The van der Waals surface area contributed by atoms with Crippen LogP contribution in [0.2, 0.25) is 0 Å². The van der Waals surface area contributed by atoms with Crippen LogP contribution in [-0.2, 0) is 0 Å². The van der Waals surface area contributed by atoms with Gasteiger partial charge in [0.2, 0.25) is 0 Å². The van der Waals surface area contributed by atoms with Gasteiger partial charge in [-0.05, 0) is 30.0 Å². The number of halogens is 1. The lowest BCUT2D eigenvalue weighted by Gasteiger charge is -2.09. The zero-order valence-electron chi connectivity index (χ0n) is 8.06. The van der Waals surface area contributed by atoms with E-state index < -0.39 is 0 Å². The maximum absolute atomic E-state index is 13.1. The van der Waals surface area contributed by atoms with Gasteiger partial charge in [0, 0.05) is 0 Å². The first kappa shape index (κ1) is 9.73. The van der Waals surface area contributed by atoms with E-state index in [1.807, 2.05) is 19.9 Å². The van der Waals surface area contributed by atoms with Crippen LogP contribution in [0.25, 0.3) is 0 Å². The number of nitriles is 1. The van der Waals surface area contributed by atoms with Crippen molar-refractivity contribution >= 4 is 0 Å². The molecule has 0 radical (unpaired) electrons. The summed E-state index contributed by atoms with van der Waals surface area (Å²) in [6.45, 7) is 5.70. The van der Waals surface area contributed by atoms with E-state index in [1.165, 1.54) is 6.07 Å². The first-order chi connectivity index (χ1) is 6.06. The molecule has 0 N–H and O–H groups in total. The van der Waals surface area contributed by atoms with E-state index in [4.69, 9.17) is 5.26 Å². The first-order valence-electron chi connectivity index (χ1n) is 4.26. The molecule has 0 bridgehead atoms. The number of hydrogen-bond donors (Lipinski definition) is 0. The molecule has 2 heteroatoms. The minimum Gasteiger partial charge on any atom is -0.207 e. The molecule has 0 amide bonds. The second kappa shape index (κ2) is 3.57. The van der Waals surface area contributed by atoms with Gasteiger partial charge in [-0.1, -0.05) is 19.9 Å². The van der Waals surface area contributed by atoms with Gasteiger partial charge in [-0.15, -0.1) is 0 Å². The van der Waals surface area contributed by atoms with Gasteiger partial charge in [0.1, 0.15) is 5.82 Å². The molecule has 0 aliphatic heterocycles. The number of aryl methyl sites for hydroxylation is 1. The van der Waals surface area contributed by atoms with E-state index in [0.29, 0.717) is 11.1 Å². The van der Waals surface area contributed by atoms with Crippen molar-refractivity contribution in [2.24, 2.45) is 0 Å². The van der Waals surface area contributed by atoms with E-state index in [9.17, 15) is 4.39 Å². The number of benzene rings is 1. The van der Waals surface area contributed by atoms with Crippen LogP contribution in [0.3, 0.4) is 0 Å². The van der Waals surface area contributed by atoms with Gasteiger partial charge >= 0.3 is 0 Å². The third-order valence-corrected chi connectivity index (χ3v) is 2.07. The average Bonchev–Trinajstić information content (AvgIpc) is 2.08. The van der Waals surface area contributed by atoms with Crippen LogP contribution in [-0.4, -0.2) is 0 Å². The highest BCUT2D eigenvalue weighted by Gasteiger charge is 2.09. The molecule has 0 aromatic heterocycles. The number of hydrogen-bond acceptors (Lipinski definition) is 1. The lowest BCUT2D eigenvalue weighted by Crippen LogP contribution is -1.96. The Morgan fingerprint density at radius 2 is 2.00 bits per heavy atom. The van der Waals surface area contributed by atoms with Crippen LogP contribution in [0.4, 0.5) is 4.39 Å². The third kappa shape index (κ3) is 1.86. The highest BCUT2D eigenvalue weighted by Crippen LogP contribution is 2.22. The maximum Gasteiger partial charge on any atom is 0.127 e. The fourth-order valence-electron chi connectivity index (χ4n) is 1.28. The Kier molecular flexibility index (Phi) is 2.67. The molecule has 0 fully saturated rings. The van der Waals surface area contributed by atoms with Crippen molar-refractivity contribution in [3.05, 3.63) is 34.6 Å². The fourth-order valence-corrected chi connectivity index (χ4v) is 1.28. The predicted octanol–water partition coefficient (Wildman–Crippen LogP) is 3.13. The normalized spacial score (nSPS) is 10.2. The van der Waals surface area contributed by atoms with Crippen molar-refractivity contribution < 1.29 is 4.39 Å². The van der Waals surface area contributed by atoms with Crippen LogP contribution >= 0.6 is 0 Å². The van der Waals surface area contributed by atoms with Crippen LogP contribution in [0.15, 0.2) is 12.1 Å². The van der Waals surface area contributed by atoms with Gasteiger partial charge in [-0.25, -0.2) is 4.39 Å². The summed E-state index contributed by atoms with van der Waals surface area (Å²) in [7, 11) is 0. The zero-order chi connectivity index (χ0) is 10.0. The smallest absolute Gasteiger partial charge is 0.127 e. The molecule has 1 aromatic rings. The Hall–Kier alpha value is -1.36. The molecule has 0 atom stereocenters. The second-order valence-corrected chi connectivity index (χ2v) is 3.46. The lowest BCUT2D eigenvalue weighted by molar-refractivity contribution is 0.616. The molecular formula is C11H12FN. The maximum atomic E-state index is 13.1. The summed E-state index contributed by atoms with van der Waals surface area (Å²) in [5.41, 5.74) is 1.96. The molecule has 0 unspecified atom stereocenters. The minimum absolute atomic E-state index is 0.258. The van der Waals surface area contributed by atoms with Crippen LogP contribution < -0.4 is 0 Å². The molecule has 13 heavy (non-hydrogen) atoms. The summed E-state index contributed by atoms with van der Waals surface area (Å²) >= 11 is 0. The molecule has 0 aliphatic carbocycles. The highest BCUT2D eigenvalue weighted by molar-refractivity contribution is 5.42. The second-order valence-electron chi connectivity index (χ2n) is 3.46. The van der Waals surface area contributed by atoms with E-state index in [2.05, 4.69) is 0 Å². The van der Waals surface area contributed by atoms with E-state index in [1.54, 1.807) is 13.0 Å². The van der Waals surface area contributed by atoms with Crippen LogP contribution in [0, 0.1) is 24.1 Å². The van der Waals surface area contributed by atoms with Gasteiger partial charge in [-0.2, -0.15) is 5.26 Å². The Morgan fingerprint density at radius 3 is 2.46 bits per heavy atom. The zero-order valence-corrected chi connectivity index (χ0v) is 8.06. The Bertz CT molecular complexity index is 361. The molecule has 1 aromatic carbocycles. The topological polar surface area (TPSA) is 23.8 Å². The van der Waals surface area contributed by atoms with Crippen molar-refractivity contribution in [3.63, 3.8) is 0 Å². The molecule has 0 saturated heterocycles. The highest BCUT2D eigenvalue weighted by atomic mass is 19.1. The van der Waals surface area contributed by atoms with Crippen molar-refractivity contribution in [2.75, 3.05) is 0 Å². The molecule has 1 rings (SSSR count). The quantitative estimate of drug-likeness (QED) is 0.646. The van der Waals surface area contributed by atoms with Gasteiger partial charge in [0.15, 0.2) is 0 Å². The van der Waals surface area contributed by atoms with Gasteiger partial charge in [0.05, 0.1) is 11.6 Å². The molecule has 1 nitrogen and oxygen atoms in total. The Balaban J connectivity index is 3.35. The van der Waals surface area contributed by atoms with Gasteiger partial charge < -0.3 is 0 Å². The number of rotatable bonds is 1. The summed E-state index contributed by atoms with van der Waals surface area (Å²) in [4.78, 5) is 0. The fraction of sp³-hybridized carbons (Fsp3) is 0.364. The summed E-state index contributed by atoms with van der Waals surface area (Å²) in [5, 5.41) is 8.77. The van der Waals surface area contributed by atoms with E-state index in [-0.39, 0.29) is 11.7 Å². The van der Waals surface area contributed by atoms with Crippen molar-refractivity contribution in [1.82, 2.24) is 0 Å². The average molecular weight is 177 g/mol. The van der Waals surface area contributed by atoms with Crippen molar-refractivity contribution in [2.45, 2.75) is 26.7 Å². The van der Waals surface area contributed by atoms with Gasteiger partial charge in [0.25, 0.3) is 0 Å². The Labute approximate surface area is 77.8 Å². The molecule has 0 spiro atoms. The van der Waals surface area contributed by atoms with Crippen molar-refractivity contribution in [1.29, 1.82) is 5.26 Å². The SMILES string of the molecule is Cc1cc(C(C)C)c(C#N)cc1F. The van der Waals surface area contributed by atoms with Crippen LogP contribution in [0.5, 0.6) is 0 Å². The summed E-state index contributed by atoms with van der Waals surface area (Å²) < 4.78 is 13.1. The predicted molar refractivity (Wildman–Crippen MR) is 49.9 cm³/mol. The third-order valence-electron chi connectivity index (χ3n) is 2.07. The monoisotopic (exact) mass is 177 g/mol. The molecular weight excluding hydrogens is 165 g/mol. The summed E-state index contributed by atoms with van der Waals surface area (Å²) in [6, 6.07) is 5.06. The van der Waals surface area contributed by atoms with Gasteiger partial charge in [-0.3, -0.25) is 0 Å². The molecule has 68 valence electrons.